The summed E-state index contributed by atoms with van der Waals surface area (Å²) >= 11 is 0. The molecule has 0 aliphatic heterocycles. The van der Waals surface area contributed by atoms with Crippen molar-refractivity contribution in [1.82, 2.24) is 9.97 Å². The van der Waals surface area contributed by atoms with E-state index in [2.05, 4.69) is 24.0 Å². The van der Waals surface area contributed by atoms with Gasteiger partial charge in [-0.1, -0.05) is 19.1 Å². The highest BCUT2D eigenvalue weighted by molar-refractivity contribution is 5.75. The van der Waals surface area contributed by atoms with E-state index in [9.17, 15) is 0 Å². The number of nitrogens with zero attached hydrogens (tertiary/aromatic N) is 1. The van der Waals surface area contributed by atoms with E-state index in [1.165, 1.54) is 12.8 Å². The van der Waals surface area contributed by atoms with Crippen molar-refractivity contribution in [1.29, 1.82) is 0 Å². The van der Waals surface area contributed by atoms with Crippen molar-refractivity contribution < 1.29 is 0 Å². The van der Waals surface area contributed by atoms with E-state index in [0.717, 1.165) is 35.6 Å². The van der Waals surface area contributed by atoms with E-state index in [1.54, 1.807) is 0 Å². The fourth-order valence-corrected chi connectivity index (χ4v) is 3.06. The minimum atomic E-state index is 0.0749. The van der Waals surface area contributed by atoms with Crippen molar-refractivity contribution in [3.8, 4) is 0 Å². The number of aromatic nitrogens is 2. The molecule has 0 atom stereocenters. The first-order valence-electron chi connectivity index (χ1n) is 6.89. The van der Waals surface area contributed by atoms with Gasteiger partial charge in [0.05, 0.1) is 11.0 Å². The maximum atomic E-state index is 6.08. The summed E-state index contributed by atoms with van der Waals surface area (Å²) < 4.78 is 0. The van der Waals surface area contributed by atoms with Gasteiger partial charge in [0.25, 0.3) is 0 Å². The summed E-state index contributed by atoms with van der Waals surface area (Å²) in [6.45, 7) is 3.03. The van der Waals surface area contributed by atoms with Crippen LogP contribution < -0.4 is 5.73 Å². The van der Waals surface area contributed by atoms with E-state index < -0.39 is 0 Å². The predicted octanol–water partition coefficient (Wildman–Crippen LogP) is 2.97. The van der Waals surface area contributed by atoms with E-state index in [4.69, 9.17) is 10.7 Å². The number of nitrogens with two attached hydrogens (primary N) is 1. The maximum absolute atomic E-state index is 6.08. The van der Waals surface area contributed by atoms with Crippen LogP contribution in [0.2, 0.25) is 0 Å². The van der Waals surface area contributed by atoms with Gasteiger partial charge in [-0.3, -0.25) is 0 Å². The van der Waals surface area contributed by atoms with E-state index in [1.807, 2.05) is 12.1 Å². The van der Waals surface area contributed by atoms with Gasteiger partial charge in [-0.15, -0.1) is 0 Å². The van der Waals surface area contributed by atoms with Crippen LogP contribution in [0.1, 0.15) is 38.4 Å². The summed E-state index contributed by atoms with van der Waals surface area (Å²) in [4.78, 5) is 8.25. The molecule has 0 amide bonds. The first-order chi connectivity index (χ1) is 8.73. The molecule has 0 saturated heterocycles. The van der Waals surface area contributed by atoms with Crippen LogP contribution in [0.15, 0.2) is 24.3 Å². The highest BCUT2D eigenvalue weighted by atomic mass is 15.0. The molecule has 1 aromatic carbocycles. The Morgan fingerprint density at radius 3 is 2.72 bits per heavy atom. The molecule has 18 heavy (non-hydrogen) atoms. The van der Waals surface area contributed by atoms with Gasteiger partial charge in [0.2, 0.25) is 0 Å². The lowest BCUT2D eigenvalue weighted by Crippen LogP contribution is -2.39. The summed E-state index contributed by atoms with van der Waals surface area (Å²) in [6, 6.07) is 8.22. The van der Waals surface area contributed by atoms with Crippen LogP contribution in [-0.4, -0.2) is 16.5 Å². The standard InChI is InChI=1S/C15H21N3/c1-11-6-8-15(10-16,9-7-11)14-17-12-4-2-3-5-13(12)18-14/h2-5,11H,6-10,16H2,1H3,(H,17,18). The van der Waals surface area contributed by atoms with Crippen molar-refractivity contribution in [3.63, 3.8) is 0 Å². The second kappa shape index (κ2) is 4.39. The Hall–Kier alpha value is -1.35. The fourth-order valence-electron chi connectivity index (χ4n) is 3.06. The van der Waals surface area contributed by atoms with Crippen LogP contribution in [0.25, 0.3) is 11.0 Å². The quantitative estimate of drug-likeness (QED) is 0.852. The Balaban J connectivity index is 2.00. The lowest BCUT2D eigenvalue weighted by atomic mass is 9.70. The Labute approximate surface area is 108 Å². The number of aromatic amines is 1. The number of rotatable bonds is 2. The number of imidazole rings is 1. The Kier molecular flexibility index (Phi) is 2.86. The summed E-state index contributed by atoms with van der Waals surface area (Å²) in [5, 5.41) is 0. The third kappa shape index (κ3) is 1.83. The van der Waals surface area contributed by atoms with Gasteiger partial charge >= 0.3 is 0 Å². The first kappa shape index (κ1) is 11.7. The highest BCUT2D eigenvalue weighted by Crippen LogP contribution is 2.40. The molecule has 1 aliphatic rings. The molecule has 1 fully saturated rings. The first-order valence-corrected chi connectivity index (χ1v) is 6.89. The van der Waals surface area contributed by atoms with Gasteiger partial charge in [-0.05, 0) is 43.7 Å². The third-order valence-electron chi connectivity index (χ3n) is 4.51. The van der Waals surface area contributed by atoms with Crippen molar-refractivity contribution in [2.75, 3.05) is 6.54 Å². The number of H-pyrrole nitrogens is 1. The molecule has 1 aliphatic carbocycles. The monoisotopic (exact) mass is 243 g/mol. The van der Waals surface area contributed by atoms with Crippen LogP contribution in [0.3, 0.4) is 0 Å². The normalized spacial score (nSPS) is 28.7. The van der Waals surface area contributed by atoms with Gasteiger partial charge in [0.15, 0.2) is 0 Å². The molecule has 0 spiro atoms. The second-order valence-corrected chi connectivity index (χ2v) is 5.77. The number of fused-ring (bicyclic) bond motifs is 1. The Bertz CT molecular complexity index is 502. The van der Waals surface area contributed by atoms with Crippen molar-refractivity contribution in [3.05, 3.63) is 30.1 Å². The summed E-state index contributed by atoms with van der Waals surface area (Å²) in [7, 11) is 0. The predicted molar refractivity (Wildman–Crippen MR) is 74.5 cm³/mol. The van der Waals surface area contributed by atoms with Crippen LogP contribution in [-0.2, 0) is 5.41 Å². The SMILES string of the molecule is CC1CCC(CN)(c2nc3ccccc3[nH]2)CC1. The minimum Gasteiger partial charge on any atom is -0.341 e. The number of para-hydroxylation sites is 2. The molecule has 3 heteroatoms. The molecule has 3 N–H and O–H groups in total. The number of hydrogen-bond acceptors (Lipinski definition) is 2. The second-order valence-electron chi connectivity index (χ2n) is 5.77. The van der Waals surface area contributed by atoms with E-state index >= 15 is 0 Å². The van der Waals surface area contributed by atoms with Crippen molar-refractivity contribution >= 4 is 11.0 Å². The lowest BCUT2D eigenvalue weighted by molar-refractivity contribution is 0.238. The molecule has 1 aromatic heterocycles. The average molecular weight is 243 g/mol. The molecule has 3 nitrogen and oxygen atoms in total. The van der Waals surface area contributed by atoms with Crippen LogP contribution >= 0.6 is 0 Å². The van der Waals surface area contributed by atoms with Gasteiger partial charge in [0.1, 0.15) is 5.82 Å². The molecular formula is C15H21N3. The van der Waals surface area contributed by atoms with Crippen LogP contribution in [0, 0.1) is 5.92 Å². The van der Waals surface area contributed by atoms with Gasteiger partial charge in [-0.2, -0.15) is 0 Å². The lowest BCUT2D eigenvalue weighted by Gasteiger charge is -2.36. The van der Waals surface area contributed by atoms with E-state index in [0.29, 0.717) is 6.54 Å². The average Bonchev–Trinajstić information content (AvgIpc) is 2.84. The summed E-state index contributed by atoms with van der Waals surface area (Å²) in [5.41, 5.74) is 8.33. The molecule has 3 rings (SSSR count). The maximum Gasteiger partial charge on any atom is 0.114 e. The number of benzene rings is 1. The largest absolute Gasteiger partial charge is 0.341 e. The zero-order valence-corrected chi connectivity index (χ0v) is 10.9. The number of hydrogen-bond donors (Lipinski definition) is 2. The van der Waals surface area contributed by atoms with Gasteiger partial charge in [-0.25, -0.2) is 4.98 Å². The van der Waals surface area contributed by atoms with Crippen LogP contribution in [0.5, 0.6) is 0 Å². The van der Waals surface area contributed by atoms with Gasteiger partial charge < -0.3 is 10.7 Å². The fraction of sp³-hybridized carbons (Fsp3) is 0.533. The molecule has 96 valence electrons. The van der Waals surface area contributed by atoms with Crippen molar-refractivity contribution in [2.45, 2.75) is 38.0 Å². The highest BCUT2D eigenvalue weighted by Gasteiger charge is 2.37. The van der Waals surface area contributed by atoms with Gasteiger partial charge in [0, 0.05) is 12.0 Å². The molecule has 0 unspecified atom stereocenters. The van der Waals surface area contributed by atoms with Crippen molar-refractivity contribution in [2.24, 2.45) is 11.7 Å². The molecule has 0 bridgehead atoms. The molecule has 2 aromatic rings. The summed E-state index contributed by atoms with van der Waals surface area (Å²) in [6.07, 6.45) is 4.83. The zero-order chi connectivity index (χ0) is 12.6. The zero-order valence-electron chi connectivity index (χ0n) is 10.9. The summed E-state index contributed by atoms with van der Waals surface area (Å²) in [5.74, 6) is 1.92. The number of nitrogens with one attached hydrogen (secondary N) is 1. The Morgan fingerprint density at radius 2 is 2.06 bits per heavy atom. The molecule has 0 radical (unpaired) electrons. The molecular weight excluding hydrogens is 222 g/mol. The van der Waals surface area contributed by atoms with E-state index in [-0.39, 0.29) is 5.41 Å². The third-order valence-corrected chi connectivity index (χ3v) is 4.51. The van der Waals surface area contributed by atoms with Crippen LogP contribution in [0.4, 0.5) is 0 Å². The molecule has 1 saturated carbocycles. The smallest absolute Gasteiger partial charge is 0.114 e. The molecule has 1 heterocycles. The topological polar surface area (TPSA) is 54.7 Å². The Morgan fingerprint density at radius 1 is 1.33 bits per heavy atom. The minimum absolute atomic E-state index is 0.0749.